The molecule has 7 nitrogen and oxygen atoms in total. The summed E-state index contributed by atoms with van der Waals surface area (Å²) in [6.07, 6.45) is 3.04. The summed E-state index contributed by atoms with van der Waals surface area (Å²) in [5, 5.41) is 11.4. The molecule has 1 saturated heterocycles. The second-order valence-electron chi connectivity index (χ2n) is 4.72. The Morgan fingerprint density at radius 3 is 2.58 bits per heavy atom. The molecule has 0 radical (unpaired) electrons. The molecule has 1 fully saturated rings. The van der Waals surface area contributed by atoms with Crippen molar-refractivity contribution < 1.29 is 23.1 Å². The molecule has 110 valence electrons. The minimum absolute atomic E-state index is 0.308. The van der Waals surface area contributed by atoms with Crippen LogP contribution in [0.1, 0.15) is 32.6 Å². The third kappa shape index (κ3) is 4.17. The van der Waals surface area contributed by atoms with E-state index in [1.807, 2.05) is 6.92 Å². The van der Waals surface area contributed by atoms with E-state index in [1.54, 1.807) is 0 Å². The molecular formula is C11H20N2O5S. The van der Waals surface area contributed by atoms with Crippen molar-refractivity contribution in [1.29, 1.82) is 0 Å². The van der Waals surface area contributed by atoms with Crippen molar-refractivity contribution in [3.05, 3.63) is 0 Å². The third-order valence-corrected chi connectivity index (χ3v) is 4.41. The number of carbonyl (C=O) groups excluding carboxylic acids is 1. The number of sulfonamides is 1. The molecule has 8 heteroatoms. The first-order valence-corrected chi connectivity index (χ1v) is 8.12. The number of carboxylic acids is 1. The molecule has 0 aliphatic carbocycles. The van der Waals surface area contributed by atoms with Crippen LogP contribution in [-0.4, -0.2) is 54.6 Å². The van der Waals surface area contributed by atoms with E-state index in [-0.39, 0.29) is 0 Å². The lowest BCUT2D eigenvalue weighted by atomic mass is 10.1. The fourth-order valence-electron chi connectivity index (χ4n) is 2.21. The van der Waals surface area contributed by atoms with E-state index in [0.29, 0.717) is 32.2 Å². The zero-order valence-electron chi connectivity index (χ0n) is 11.1. The van der Waals surface area contributed by atoms with Crippen LogP contribution in [-0.2, 0) is 19.6 Å². The first-order valence-electron chi connectivity index (χ1n) is 6.27. The number of amides is 1. The molecule has 1 heterocycles. The normalized spacial score (nSPS) is 22.1. The van der Waals surface area contributed by atoms with Gasteiger partial charge in [0, 0.05) is 6.54 Å². The lowest BCUT2D eigenvalue weighted by molar-refractivity contribution is -0.142. The van der Waals surface area contributed by atoms with Crippen molar-refractivity contribution in [2.24, 2.45) is 0 Å². The van der Waals surface area contributed by atoms with Gasteiger partial charge in [-0.25, -0.2) is 13.2 Å². The maximum Gasteiger partial charge on any atom is 0.326 e. The predicted molar refractivity (Wildman–Crippen MR) is 69.0 cm³/mol. The van der Waals surface area contributed by atoms with Crippen molar-refractivity contribution in [3.63, 3.8) is 0 Å². The van der Waals surface area contributed by atoms with Crippen LogP contribution in [0.5, 0.6) is 0 Å². The largest absolute Gasteiger partial charge is 0.480 e. The molecule has 0 spiro atoms. The minimum Gasteiger partial charge on any atom is -0.480 e. The Balaban J connectivity index is 2.74. The predicted octanol–water partition coefficient (Wildman–Crippen LogP) is -0.220. The Morgan fingerprint density at radius 2 is 2.11 bits per heavy atom. The molecule has 2 atom stereocenters. The van der Waals surface area contributed by atoms with Gasteiger partial charge in [-0.05, 0) is 19.3 Å². The van der Waals surface area contributed by atoms with E-state index in [9.17, 15) is 18.0 Å². The van der Waals surface area contributed by atoms with Gasteiger partial charge in [-0.15, -0.1) is 0 Å². The highest BCUT2D eigenvalue weighted by molar-refractivity contribution is 7.88. The molecule has 1 aliphatic rings. The van der Waals surface area contributed by atoms with Crippen molar-refractivity contribution >= 4 is 21.9 Å². The number of nitrogens with zero attached hydrogens (tertiary/aromatic N) is 1. The van der Waals surface area contributed by atoms with Crippen LogP contribution in [0.25, 0.3) is 0 Å². The molecule has 0 saturated carbocycles. The topological polar surface area (TPSA) is 104 Å². The fourth-order valence-corrected chi connectivity index (χ4v) is 3.34. The van der Waals surface area contributed by atoms with Crippen molar-refractivity contribution in [3.8, 4) is 0 Å². The number of nitrogens with one attached hydrogen (secondary N) is 1. The fraction of sp³-hybridized carbons (Fsp3) is 0.818. The molecule has 0 bridgehead atoms. The number of rotatable bonds is 6. The van der Waals surface area contributed by atoms with Gasteiger partial charge in [-0.2, -0.15) is 4.31 Å². The van der Waals surface area contributed by atoms with Gasteiger partial charge in [0.2, 0.25) is 15.9 Å². The van der Waals surface area contributed by atoms with E-state index >= 15 is 0 Å². The highest BCUT2D eigenvalue weighted by atomic mass is 32.2. The Labute approximate surface area is 113 Å². The summed E-state index contributed by atoms with van der Waals surface area (Å²) in [5.41, 5.74) is 0. The highest BCUT2D eigenvalue weighted by Crippen LogP contribution is 2.20. The standard InChI is InChI=1S/C11H20N2O5S/c1-3-5-8(11(15)16)12-10(14)9-6-4-7-13(9)19(2,17)18/h8-9H,3-7H2,1-2H3,(H,12,14)(H,15,16). The second-order valence-corrected chi connectivity index (χ2v) is 6.65. The van der Waals surface area contributed by atoms with Crippen molar-refractivity contribution in [1.82, 2.24) is 9.62 Å². The van der Waals surface area contributed by atoms with Crippen LogP contribution in [0, 0.1) is 0 Å². The summed E-state index contributed by atoms with van der Waals surface area (Å²) in [6.45, 7) is 2.13. The molecule has 19 heavy (non-hydrogen) atoms. The van der Waals surface area contributed by atoms with Gasteiger partial charge in [-0.3, -0.25) is 4.79 Å². The number of carboxylic acid groups (broad SMARTS) is 1. The van der Waals surface area contributed by atoms with Gasteiger partial charge in [-0.1, -0.05) is 13.3 Å². The second kappa shape index (κ2) is 6.33. The Morgan fingerprint density at radius 1 is 1.47 bits per heavy atom. The van der Waals surface area contributed by atoms with Crippen molar-refractivity contribution in [2.75, 3.05) is 12.8 Å². The molecular weight excluding hydrogens is 272 g/mol. The van der Waals surface area contributed by atoms with E-state index in [2.05, 4.69) is 5.32 Å². The third-order valence-electron chi connectivity index (χ3n) is 3.12. The van der Waals surface area contributed by atoms with Crippen LogP contribution in [0.2, 0.25) is 0 Å². The quantitative estimate of drug-likeness (QED) is 0.704. The molecule has 1 rings (SSSR count). The Hall–Kier alpha value is -1.15. The Kier molecular flexibility index (Phi) is 5.30. The molecule has 2 N–H and O–H groups in total. The van der Waals surface area contributed by atoms with Crippen LogP contribution >= 0.6 is 0 Å². The lowest BCUT2D eigenvalue weighted by Crippen LogP contribution is -2.50. The Bertz CT molecular complexity index is 448. The van der Waals surface area contributed by atoms with Crippen LogP contribution < -0.4 is 5.32 Å². The highest BCUT2D eigenvalue weighted by Gasteiger charge is 2.37. The summed E-state index contributed by atoms with van der Waals surface area (Å²) >= 11 is 0. The van der Waals surface area contributed by atoms with Crippen LogP contribution in [0.4, 0.5) is 0 Å². The first-order chi connectivity index (χ1) is 8.77. The van der Waals surface area contributed by atoms with Gasteiger partial charge in [0.15, 0.2) is 0 Å². The summed E-state index contributed by atoms with van der Waals surface area (Å²) < 4.78 is 24.2. The summed E-state index contributed by atoms with van der Waals surface area (Å²) in [7, 11) is -3.44. The molecule has 0 aromatic carbocycles. The van der Waals surface area contributed by atoms with Gasteiger partial charge >= 0.3 is 5.97 Å². The summed E-state index contributed by atoms with van der Waals surface area (Å²) in [4.78, 5) is 23.0. The first kappa shape index (κ1) is 15.9. The minimum atomic E-state index is -3.44. The van der Waals surface area contributed by atoms with Crippen molar-refractivity contribution in [2.45, 2.75) is 44.7 Å². The van der Waals surface area contributed by atoms with Crippen LogP contribution in [0.3, 0.4) is 0 Å². The van der Waals surface area contributed by atoms with E-state index in [4.69, 9.17) is 5.11 Å². The van der Waals surface area contributed by atoms with Gasteiger partial charge in [0.05, 0.1) is 6.26 Å². The van der Waals surface area contributed by atoms with Gasteiger partial charge < -0.3 is 10.4 Å². The van der Waals surface area contributed by atoms with Gasteiger partial charge in [0.25, 0.3) is 0 Å². The monoisotopic (exact) mass is 292 g/mol. The average Bonchev–Trinajstić information content (AvgIpc) is 2.76. The van der Waals surface area contributed by atoms with E-state index in [1.165, 1.54) is 0 Å². The number of aliphatic carboxylic acids is 1. The lowest BCUT2D eigenvalue weighted by Gasteiger charge is -2.23. The van der Waals surface area contributed by atoms with E-state index < -0.39 is 34.0 Å². The zero-order valence-corrected chi connectivity index (χ0v) is 11.9. The molecule has 1 aliphatic heterocycles. The molecule has 1 amide bonds. The number of carbonyl (C=O) groups is 2. The maximum atomic E-state index is 12.0. The zero-order chi connectivity index (χ0) is 14.6. The maximum absolute atomic E-state index is 12.0. The number of hydrogen-bond acceptors (Lipinski definition) is 4. The average molecular weight is 292 g/mol. The number of hydrogen-bond donors (Lipinski definition) is 2. The summed E-state index contributed by atoms with van der Waals surface area (Å²) in [5.74, 6) is -1.62. The smallest absolute Gasteiger partial charge is 0.326 e. The van der Waals surface area contributed by atoms with Gasteiger partial charge in [0.1, 0.15) is 12.1 Å². The molecule has 0 aromatic heterocycles. The van der Waals surface area contributed by atoms with Crippen LogP contribution in [0.15, 0.2) is 0 Å². The molecule has 2 unspecified atom stereocenters. The summed E-state index contributed by atoms with van der Waals surface area (Å²) in [6, 6.07) is -1.74. The molecule has 0 aromatic rings. The van der Waals surface area contributed by atoms with E-state index in [0.717, 1.165) is 10.6 Å². The SMILES string of the molecule is CCCC(NC(=O)C1CCCN1S(C)(=O)=O)C(=O)O.